The third kappa shape index (κ3) is 3.70. The van der Waals surface area contributed by atoms with Gasteiger partial charge in [-0.15, -0.1) is 11.8 Å². The number of fused-ring (bicyclic) bond motifs is 2. The van der Waals surface area contributed by atoms with Crippen LogP contribution in [0.1, 0.15) is 25.8 Å². The van der Waals surface area contributed by atoms with Gasteiger partial charge in [-0.25, -0.2) is 0 Å². The Hall–Kier alpha value is -2.55. The van der Waals surface area contributed by atoms with Crippen molar-refractivity contribution in [1.82, 2.24) is 4.90 Å². The molecule has 0 bridgehead atoms. The highest BCUT2D eigenvalue weighted by Gasteiger charge is 2.63. The Balaban J connectivity index is 1.54. The van der Waals surface area contributed by atoms with Gasteiger partial charge in [-0.2, -0.15) is 0 Å². The molecule has 2 fully saturated rings. The zero-order valence-corrected chi connectivity index (χ0v) is 19.8. The minimum atomic E-state index is -1.11. The summed E-state index contributed by atoms with van der Waals surface area (Å²) in [6.07, 6.45) is 0.924. The number of thioether (sulfide) groups is 1. The van der Waals surface area contributed by atoms with Gasteiger partial charge in [0.15, 0.2) is 0 Å². The monoisotopic (exact) mass is 467 g/mol. The van der Waals surface area contributed by atoms with Crippen LogP contribution in [0.3, 0.4) is 0 Å². The van der Waals surface area contributed by atoms with E-state index in [9.17, 15) is 9.59 Å². The molecule has 2 aromatic rings. The first-order valence-corrected chi connectivity index (χ1v) is 12.4. The van der Waals surface area contributed by atoms with Gasteiger partial charge in [-0.3, -0.25) is 24.3 Å². The molecule has 8 heteroatoms. The zero-order chi connectivity index (χ0) is 23.0. The van der Waals surface area contributed by atoms with Crippen molar-refractivity contribution < 1.29 is 19.1 Å². The summed E-state index contributed by atoms with van der Waals surface area (Å²) < 4.78 is 11.2. The van der Waals surface area contributed by atoms with E-state index in [2.05, 4.69) is 11.8 Å². The van der Waals surface area contributed by atoms with E-state index >= 15 is 0 Å². The molecule has 0 unspecified atom stereocenters. The maximum Gasteiger partial charge on any atom is 0.269 e. The van der Waals surface area contributed by atoms with Crippen molar-refractivity contribution in [3.63, 3.8) is 0 Å². The lowest BCUT2D eigenvalue weighted by Crippen LogP contribution is -2.52. The predicted octanol–water partition coefficient (Wildman–Crippen LogP) is 3.43. The van der Waals surface area contributed by atoms with E-state index in [1.54, 1.807) is 4.90 Å². The van der Waals surface area contributed by atoms with E-state index in [1.807, 2.05) is 60.4 Å². The summed E-state index contributed by atoms with van der Waals surface area (Å²) in [4.78, 5) is 32.3. The number of morpholine rings is 1. The van der Waals surface area contributed by atoms with Crippen LogP contribution in [-0.2, 0) is 19.2 Å². The molecule has 2 amide bonds. The normalized spacial score (nSPS) is 25.2. The van der Waals surface area contributed by atoms with Crippen LogP contribution in [0.15, 0.2) is 48.5 Å². The number of amides is 2. The number of ether oxygens (including phenoxy) is 2. The van der Waals surface area contributed by atoms with Crippen LogP contribution in [0.25, 0.3) is 0 Å². The summed E-state index contributed by atoms with van der Waals surface area (Å²) in [7, 11) is 0. The van der Waals surface area contributed by atoms with Crippen molar-refractivity contribution in [1.29, 1.82) is 0 Å². The highest BCUT2D eigenvalue weighted by molar-refractivity contribution is 8.03. The molecule has 5 rings (SSSR count). The minimum absolute atomic E-state index is 0.0568. The molecule has 7 nitrogen and oxygen atoms in total. The highest BCUT2D eigenvalue weighted by atomic mass is 32.2. The number of carbonyl (C=O) groups is 2. The Labute approximate surface area is 198 Å². The average Bonchev–Trinajstić information content (AvgIpc) is 3.24. The number of rotatable bonds is 6. The topological polar surface area (TPSA) is 62.3 Å². The number of hydrogen-bond acceptors (Lipinski definition) is 6. The number of hydrogen-bond donors (Lipinski definition) is 0. The van der Waals surface area contributed by atoms with E-state index < -0.39 is 4.87 Å². The molecule has 0 N–H and O–H groups in total. The molecular weight excluding hydrogens is 438 g/mol. The van der Waals surface area contributed by atoms with Crippen LogP contribution in [0.5, 0.6) is 5.75 Å². The summed E-state index contributed by atoms with van der Waals surface area (Å²) in [6, 6.07) is 15.4. The Morgan fingerprint density at radius 2 is 1.82 bits per heavy atom. The van der Waals surface area contributed by atoms with E-state index in [-0.39, 0.29) is 17.1 Å². The largest absolute Gasteiger partial charge is 0.494 e. The molecule has 2 atom stereocenters. The van der Waals surface area contributed by atoms with Crippen LogP contribution < -0.4 is 14.5 Å². The van der Waals surface area contributed by atoms with Crippen molar-refractivity contribution in [2.75, 3.05) is 49.4 Å². The summed E-state index contributed by atoms with van der Waals surface area (Å²) in [6.45, 7) is 7.96. The Bertz CT molecular complexity index is 1040. The summed E-state index contributed by atoms with van der Waals surface area (Å²) >= 11 is 1.43. The molecule has 3 heterocycles. The molecule has 0 aromatic heterocycles. The van der Waals surface area contributed by atoms with Gasteiger partial charge in [0.2, 0.25) is 10.8 Å². The molecule has 2 aromatic carbocycles. The molecule has 174 valence electrons. The van der Waals surface area contributed by atoms with Crippen LogP contribution in [0.2, 0.25) is 0 Å². The lowest BCUT2D eigenvalue weighted by atomic mass is 10.0. The van der Waals surface area contributed by atoms with Gasteiger partial charge in [0.25, 0.3) is 5.91 Å². The standard InChI is InChI=1S/C25H29N3O4S/c1-3-14-32-20-10-8-19(9-11-20)28-23(29)18(2)33-25(28)21-6-4-5-7-22(21)27(24(25)30)17-26-12-15-31-16-13-26/h4-11,18H,3,12-17H2,1-2H3/t18-,25+/m0/s1. The van der Waals surface area contributed by atoms with Gasteiger partial charge in [0, 0.05) is 24.3 Å². The first-order valence-electron chi connectivity index (χ1n) is 11.5. The Kier molecular flexibility index (Phi) is 6.07. The van der Waals surface area contributed by atoms with Gasteiger partial charge in [0.05, 0.1) is 37.4 Å². The van der Waals surface area contributed by atoms with Crippen molar-refractivity contribution in [2.24, 2.45) is 0 Å². The van der Waals surface area contributed by atoms with Crippen molar-refractivity contribution in [3.8, 4) is 5.75 Å². The predicted molar refractivity (Wildman–Crippen MR) is 130 cm³/mol. The van der Waals surface area contributed by atoms with Crippen molar-refractivity contribution in [2.45, 2.75) is 30.4 Å². The number of para-hydroxylation sites is 1. The smallest absolute Gasteiger partial charge is 0.269 e. The number of carbonyl (C=O) groups excluding carboxylic acids is 2. The molecule has 3 aliphatic rings. The number of nitrogens with zero attached hydrogens (tertiary/aromatic N) is 3. The fourth-order valence-electron chi connectivity index (χ4n) is 4.73. The van der Waals surface area contributed by atoms with Crippen molar-refractivity contribution in [3.05, 3.63) is 54.1 Å². The molecule has 1 spiro atoms. The number of anilines is 2. The zero-order valence-electron chi connectivity index (χ0n) is 19.0. The lowest BCUT2D eigenvalue weighted by molar-refractivity contribution is -0.124. The van der Waals surface area contributed by atoms with E-state index in [0.717, 1.165) is 36.5 Å². The Morgan fingerprint density at radius 3 is 2.55 bits per heavy atom. The van der Waals surface area contributed by atoms with Crippen LogP contribution in [0, 0.1) is 0 Å². The third-order valence-electron chi connectivity index (χ3n) is 6.34. The quantitative estimate of drug-likeness (QED) is 0.649. The number of benzene rings is 2. The fraction of sp³-hybridized carbons (Fsp3) is 0.440. The van der Waals surface area contributed by atoms with E-state index in [0.29, 0.717) is 32.2 Å². The molecule has 0 aliphatic carbocycles. The van der Waals surface area contributed by atoms with Crippen LogP contribution >= 0.6 is 11.8 Å². The lowest BCUT2D eigenvalue weighted by Gasteiger charge is -2.35. The maximum atomic E-state index is 14.2. The third-order valence-corrected chi connectivity index (χ3v) is 7.81. The summed E-state index contributed by atoms with van der Waals surface area (Å²) in [5.74, 6) is 0.636. The molecule has 0 saturated carbocycles. The molecule has 3 aliphatic heterocycles. The first-order chi connectivity index (χ1) is 16.1. The molecule has 0 radical (unpaired) electrons. The molecular formula is C25H29N3O4S. The second-order valence-electron chi connectivity index (χ2n) is 8.54. The second-order valence-corrected chi connectivity index (χ2v) is 10.1. The maximum absolute atomic E-state index is 14.2. The van der Waals surface area contributed by atoms with Gasteiger partial charge in [-0.1, -0.05) is 25.1 Å². The Morgan fingerprint density at radius 1 is 1.09 bits per heavy atom. The van der Waals surface area contributed by atoms with Crippen LogP contribution in [0.4, 0.5) is 11.4 Å². The van der Waals surface area contributed by atoms with E-state index in [1.165, 1.54) is 11.8 Å². The van der Waals surface area contributed by atoms with Gasteiger partial charge in [-0.05, 0) is 43.7 Å². The first kappa shape index (κ1) is 22.3. The highest BCUT2D eigenvalue weighted by Crippen LogP contribution is 2.57. The van der Waals surface area contributed by atoms with Crippen molar-refractivity contribution >= 4 is 35.0 Å². The van der Waals surface area contributed by atoms with Gasteiger partial charge in [0.1, 0.15) is 5.75 Å². The summed E-state index contributed by atoms with van der Waals surface area (Å²) in [5, 5.41) is -0.332. The van der Waals surface area contributed by atoms with Crippen LogP contribution in [-0.4, -0.2) is 61.5 Å². The fourth-order valence-corrected chi connectivity index (χ4v) is 6.26. The SMILES string of the molecule is CCCOc1ccc(N2C(=O)[C@H](C)S[C@]23C(=O)N(CN2CCOCC2)c2ccccc23)cc1. The van der Waals surface area contributed by atoms with E-state index in [4.69, 9.17) is 9.47 Å². The molecule has 33 heavy (non-hydrogen) atoms. The average molecular weight is 468 g/mol. The summed E-state index contributed by atoms with van der Waals surface area (Å²) in [5.41, 5.74) is 2.45. The van der Waals surface area contributed by atoms with Gasteiger partial charge < -0.3 is 9.47 Å². The second kappa shape index (κ2) is 9.00. The minimum Gasteiger partial charge on any atom is -0.494 e. The van der Waals surface area contributed by atoms with Gasteiger partial charge >= 0.3 is 0 Å². The molecule has 2 saturated heterocycles.